The van der Waals surface area contributed by atoms with E-state index < -0.39 is 0 Å². The van der Waals surface area contributed by atoms with E-state index in [9.17, 15) is 4.79 Å². The van der Waals surface area contributed by atoms with Crippen molar-refractivity contribution in [3.05, 3.63) is 49.9 Å². The predicted octanol–water partition coefficient (Wildman–Crippen LogP) is 4.15. The van der Waals surface area contributed by atoms with E-state index >= 15 is 0 Å². The average Bonchev–Trinajstić information content (AvgIpc) is 2.83. The monoisotopic (exact) mass is 395 g/mol. The molecule has 5 heteroatoms. The first kappa shape index (κ1) is 13.6. The molecule has 0 heterocycles. The molecule has 2 aromatic rings. The van der Waals surface area contributed by atoms with Crippen molar-refractivity contribution >= 4 is 43.5 Å². The minimum Gasteiger partial charge on any atom is -0.465 e. The zero-order chi connectivity index (χ0) is 14.4. The topological polar surface area (TPSA) is 52.3 Å². The number of esters is 1. The van der Waals surface area contributed by atoms with E-state index in [1.165, 1.54) is 7.11 Å². The highest BCUT2D eigenvalue weighted by Gasteiger charge is 2.27. The first-order chi connectivity index (χ1) is 9.54. The SMILES string of the molecule is COC(=O)c1cccc2c1Cc1c-2cc(Br)c(N)c1Br. The van der Waals surface area contributed by atoms with Crippen molar-refractivity contribution in [2.45, 2.75) is 6.42 Å². The summed E-state index contributed by atoms with van der Waals surface area (Å²) in [7, 11) is 1.40. The Kier molecular flexibility index (Phi) is 3.34. The smallest absolute Gasteiger partial charge is 0.338 e. The van der Waals surface area contributed by atoms with Gasteiger partial charge in [-0.1, -0.05) is 12.1 Å². The van der Waals surface area contributed by atoms with Crippen LogP contribution in [-0.2, 0) is 11.2 Å². The third kappa shape index (κ3) is 1.88. The maximum absolute atomic E-state index is 11.9. The second-order valence-corrected chi connectivity index (χ2v) is 6.26. The van der Waals surface area contributed by atoms with Gasteiger partial charge in [0.25, 0.3) is 0 Å². The second-order valence-electron chi connectivity index (χ2n) is 4.61. The summed E-state index contributed by atoms with van der Waals surface area (Å²) in [5.41, 5.74) is 11.6. The number of benzene rings is 2. The molecule has 0 radical (unpaired) electrons. The van der Waals surface area contributed by atoms with Gasteiger partial charge in [-0.05, 0) is 66.2 Å². The Hall–Kier alpha value is -1.33. The summed E-state index contributed by atoms with van der Waals surface area (Å²) in [6, 6.07) is 7.69. The van der Waals surface area contributed by atoms with Crippen molar-refractivity contribution in [1.82, 2.24) is 0 Å². The molecule has 0 bridgehead atoms. The van der Waals surface area contributed by atoms with Crippen molar-refractivity contribution in [2.75, 3.05) is 12.8 Å². The van der Waals surface area contributed by atoms with Crippen LogP contribution in [0.15, 0.2) is 33.2 Å². The summed E-state index contributed by atoms with van der Waals surface area (Å²) in [4.78, 5) is 11.9. The highest BCUT2D eigenvalue weighted by Crippen LogP contribution is 2.46. The maximum Gasteiger partial charge on any atom is 0.338 e. The molecule has 0 fully saturated rings. The molecule has 1 aliphatic carbocycles. The van der Waals surface area contributed by atoms with Gasteiger partial charge in [0.1, 0.15) is 0 Å². The van der Waals surface area contributed by atoms with Gasteiger partial charge in [-0.25, -0.2) is 4.79 Å². The predicted molar refractivity (Wildman–Crippen MR) is 85.8 cm³/mol. The van der Waals surface area contributed by atoms with Crippen LogP contribution in [0.1, 0.15) is 21.5 Å². The Morgan fingerprint density at radius 3 is 2.70 bits per heavy atom. The van der Waals surface area contributed by atoms with Gasteiger partial charge in [0.15, 0.2) is 0 Å². The van der Waals surface area contributed by atoms with E-state index in [0.717, 1.165) is 31.2 Å². The molecule has 102 valence electrons. The first-order valence-electron chi connectivity index (χ1n) is 6.01. The maximum atomic E-state index is 11.9. The van der Waals surface area contributed by atoms with Crippen LogP contribution in [0.3, 0.4) is 0 Å². The molecule has 0 unspecified atom stereocenters. The lowest BCUT2D eigenvalue weighted by molar-refractivity contribution is 0.0600. The number of methoxy groups -OCH3 is 1. The number of ether oxygens (including phenoxy) is 1. The van der Waals surface area contributed by atoms with Gasteiger partial charge < -0.3 is 10.5 Å². The number of hydrogen-bond donors (Lipinski definition) is 1. The van der Waals surface area contributed by atoms with Gasteiger partial charge in [0.2, 0.25) is 0 Å². The van der Waals surface area contributed by atoms with Gasteiger partial charge in [0.05, 0.1) is 18.4 Å². The Balaban J connectivity index is 2.26. The molecular weight excluding hydrogens is 386 g/mol. The number of carbonyl (C=O) groups is 1. The molecule has 0 aromatic heterocycles. The molecule has 0 saturated heterocycles. The Bertz CT molecular complexity index is 741. The van der Waals surface area contributed by atoms with E-state index in [2.05, 4.69) is 31.9 Å². The van der Waals surface area contributed by atoms with Crippen LogP contribution in [0.25, 0.3) is 11.1 Å². The summed E-state index contributed by atoms with van der Waals surface area (Å²) in [6.07, 6.45) is 0.675. The van der Waals surface area contributed by atoms with E-state index in [0.29, 0.717) is 17.7 Å². The van der Waals surface area contributed by atoms with E-state index in [4.69, 9.17) is 10.5 Å². The minimum atomic E-state index is -0.308. The lowest BCUT2D eigenvalue weighted by Gasteiger charge is -2.08. The molecule has 3 rings (SSSR count). The number of anilines is 1. The van der Waals surface area contributed by atoms with Gasteiger partial charge in [-0.2, -0.15) is 0 Å². The molecule has 0 atom stereocenters. The fraction of sp³-hybridized carbons (Fsp3) is 0.133. The van der Waals surface area contributed by atoms with Crippen LogP contribution in [0.5, 0.6) is 0 Å². The van der Waals surface area contributed by atoms with Crippen LogP contribution in [0.4, 0.5) is 5.69 Å². The molecule has 3 nitrogen and oxygen atoms in total. The molecular formula is C15H11Br2NO2. The first-order valence-corrected chi connectivity index (χ1v) is 7.60. The Morgan fingerprint density at radius 2 is 2.00 bits per heavy atom. The standard InChI is InChI=1S/C15H11Br2NO2/c1-20-15(19)8-4-2-3-7-9(8)5-11-10(7)6-12(16)14(18)13(11)17/h2-4,6H,5,18H2,1H3. The van der Waals surface area contributed by atoms with Crippen molar-refractivity contribution in [1.29, 1.82) is 0 Å². The van der Waals surface area contributed by atoms with Crippen LogP contribution in [0, 0.1) is 0 Å². The summed E-state index contributed by atoms with van der Waals surface area (Å²) >= 11 is 7.01. The number of nitrogens with two attached hydrogens (primary N) is 1. The molecule has 0 saturated carbocycles. The van der Waals surface area contributed by atoms with Gasteiger partial charge in [0, 0.05) is 15.4 Å². The zero-order valence-corrected chi connectivity index (χ0v) is 13.8. The zero-order valence-electron chi connectivity index (χ0n) is 10.7. The van der Waals surface area contributed by atoms with Crippen molar-refractivity contribution in [3.8, 4) is 11.1 Å². The third-order valence-corrected chi connectivity index (χ3v) is 5.14. The van der Waals surface area contributed by atoms with Crippen LogP contribution in [-0.4, -0.2) is 13.1 Å². The quantitative estimate of drug-likeness (QED) is 0.496. The summed E-state index contributed by atoms with van der Waals surface area (Å²) < 4.78 is 6.58. The fourth-order valence-electron chi connectivity index (χ4n) is 2.60. The number of nitrogen functional groups attached to an aromatic ring is 1. The average molecular weight is 397 g/mol. The minimum absolute atomic E-state index is 0.308. The number of fused-ring (bicyclic) bond motifs is 3. The van der Waals surface area contributed by atoms with Crippen LogP contribution < -0.4 is 5.73 Å². The van der Waals surface area contributed by atoms with Gasteiger partial charge in [-0.3, -0.25) is 0 Å². The molecule has 20 heavy (non-hydrogen) atoms. The molecule has 2 aromatic carbocycles. The molecule has 0 aliphatic heterocycles. The lowest BCUT2D eigenvalue weighted by Crippen LogP contribution is -2.05. The molecule has 1 aliphatic rings. The summed E-state index contributed by atoms with van der Waals surface area (Å²) in [5.74, 6) is -0.308. The van der Waals surface area contributed by atoms with E-state index in [1.54, 1.807) is 6.07 Å². The normalized spacial score (nSPS) is 11.9. The van der Waals surface area contributed by atoms with E-state index in [1.807, 2.05) is 18.2 Å². The highest BCUT2D eigenvalue weighted by atomic mass is 79.9. The summed E-state index contributed by atoms with van der Waals surface area (Å²) in [6.45, 7) is 0. The number of carbonyl (C=O) groups excluding carboxylic acids is 1. The molecule has 0 amide bonds. The molecule has 2 N–H and O–H groups in total. The lowest BCUT2D eigenvalue weighted by atomic mass is 10.0. The fourth-order valence-corrected chi connectivity index (χ4v) is 3.86. The Labute approximate surface area is 133 Å². The Morgan fingerprint density at radius 1 is 1.25 bits per heavy atom. The molecule has 0 spiro atoms. The van der Waals surface area contributed by atoms with Crippen LogP contribution in [0.2, 0.25) is 0 Å². The van der Waals surface area contributed by atoms with Crippen molar-refractivity contribution in [2.24, 2.45) is 0 Å². The third-order valence-electron chi connectivity index (χ3n) is 3.58. The highest BCUT2D eigenvalue weighted by molar-refractivity contribution is 9.11. The van der Waals surface area contributed by atoms with Crippen molar-refractivity contribution < 1.29 is 9.53 Å². The second kappa shape index (κ2) is 4.90. The number of halogens is 2. The number of rotatable bonds is 1. The van der Waals surface area contributed by atoms with Gasteiger partial charge >= 0.3 is 5.97 Å². The van der Waals surface area contributed by atoms with Gasteiger partial charge in [-0.15, -0.1) is 0 Å². The summed E-state index contributed by atoms with van der Waals surface area (Å²) in [5, 5.41) is 0. The van der Waals surface area contributed by atoms with Crippen molar-refractivity contribution in [3.63, 3.8) is 0 Å². The van der Waals surface area contributed by atoms with E-state index in [-0.39, 0.29) is 5.97 Å². The largest absolute Gasteiger partial charge is 0.465 e. The number of hydrogen-bond acceptors (Lipinski definition) is 3. The van der Waals surface area contributed by atoms with Crippen LogP contribution >= 0.6 is 31.9 Å².